The van der Waals surface area contributed by atoms with E-state index in [1.807, 2.05) is 12.2 Å². The van der Waals surface area contributed by atoms with E-state index in [0.29, 0.717) is 33.9 Å². The van der Waals surface area contributed by atoms with Crippen molar-refractivity contribution in [2.75, 3.05) is 9.80 Å². The molecular formula is C30H26N4O6. The van der Waals surface area contributed by atoms with Crippen LogP contribution in [0.1, 0.15) is 25.0 Å². The van der Waals surface area contributed by atoms with Gasteiger partial charge in [0.1, 0.15) is 0 Å². The minimum Gasteiger partial charge on any atom is -0.411 e. The van der Waals surface area contributed by atoms with E-state index in [1.165, 1.54) is 9.80 Å². The lowest BCUT2D eigenvalue weighted by Crippen LogP contribution is -2.63. The highest BCUT2D eigenvalue weighted by Gasteiger charge is 2.75. The summed E-state index contributed by atoms with van der Waals surface area (Å²) >= 11 is 0. The Bertz CT molecular complexity index is 1520. The number of anilines is 2. The van der Waals surface area contributed by atoms with Crippen LogP contribution in [-0.4, -0.2) is 45.5 Å². The first-order valence-corrected chi connectivity index (χ1v) is 13.3. The summed E-state index contributed by atoms with van der Waals surface area (Å²) in [5.74, 6) is -4.20. The van der Waals surface area contributed by atoms with Gasteiger partial charge < -0.3 is 10.4 Å². The van der Waals surface area contributed by atoms with Gasteiger partial charge in [0.25, 0.3) is 0 Å². The number of nitrogens with zero attached hydrogens (tertiary/aromatic N) is 4. The van der Waals surface area contributed by atoms with Gasteiger partial charge in [-0.1, -0.05) is 46.7 Å². The standard InChI is InChI=1S/C30H26N4O6/c1-13(31-39)15-3-7-17(8-4-15)33-27(35)23-19-11-12-20(24(23)28(33)36)22-21(19)25-26(22)30(38)34(29(25)37)18-9-5-16(6-10-18)14(2)32-40/h3-12,19-26,39-40H,1-2H3/b31-13+,32-14-/t19-,20+,21-,22-,23+,24+,25-,26-/m1/s1. The first-order chi connectivity index (χ1) is 19.3. The SMILES string of the molecule is C/C(=N/O)c1ccc(N2C(=O)[C@H]3[C@H](C2=O)[C@@H]2[C@H]4C=C[C@H]([C@@H]5C(=O)N(c6ccc(/C(C)=N/O)cc6)C(=O)[C@@H]45)[C@@H]32)cc1. The maximum absolute atomic E-state index is 13.7. The molecule has 0 aromatic heterocycles. The minimum atomic E-state index is -0.568. The molecule has 4 fully saturated rings. The molecule has 2 saturated carbocycles. The van der Waals surface area contributed by atoms with Gasteiger partial charge in [-0.2, -0.15) is 0 Å². The average molecular weight is 539 g/mol. The van der Waals surface area contributed by atoms with Crippen molar-refractivity contribution in [3.63, 3.8) is 0 Å². The molecule has 0 unspecified atom stereocenters. The predicted molar refractivity (Wildman–Crippen MR) is 143 cm³/mol. The lowest BCUT2D eigenvalue weighted by atomic mass is 9.40. The van der Waals surface area contributed by atoms with Crippen LogP contribution in [0.3, 0.4) is 0 Å². The second kappa shape index (κ2) is 8.45. The highest BCUT2D eigenvalue weighted by atomic mass is 16.4. The average Bonchev–Trinajstić information content (AvgIpc) is 3.35. The molecule has 2 heterocycles. The van der Waals surface area contributed by atoms with Gasteiger partial charge in [0.05, 0.1) is 46.5 Å². The number of allylic oxidation sites excluding steroid dienone is 2. The molecule has 2 N–H and O–H groups in total. The maximum atomic E-state index is 13.7. The highest BCUT2D eigenvalue weighted by Crippen LogP contribution is 2.68. The zero-order chi connectivity index (χ0) is 28.0. The Labute approximate surface area is 229 Å². The van der Waals surface area contributed by atoms with Gasteiger partial charge in [0, 0.05) is 0 Å². The topological polar surface area (TPSA) is 140 Å². The zero-order valence-corrected chi connectivity index (χ0v) is 21.7. The summed E-state index contributed by atoms with van der Waals surface area (Å²) in [5, 5.41) is 24.5. The number of rotatable bonds is 4. The molecule has 10 nitrogen and oxygen atoms in total. The molecule has 2 bridgehead atoms. The zero-order valence-electron chi connectivity index (χ0n) is 21.7. The molecule has 2 aromatic rings. The molecule has 2 aromatic carbocycles. The Morgan fingerprint density at radius 3 is 1.23 bits per heavy atom. The Hall–Kier alpha value is -4.60. The largest absolute Gasteiger partial charge is 0.411 e. The van der Waals surface area contributed by atoms with Crippen molar-refractivity contribution in [2.24, 2.45) is 57.7 Å². The van der Waals surface area contributed by atoms with E-state index in [1.54, 1.807) is 62.4 Å². The van der Waals surface area contributed by atoms with Crippen LogP contribution in [0.2, 0.25) is 0 Å². The van der Waals surface area contributed by atoms with Gasteiger partial charge in [-0.25, -0.2) is 0 Å². The van der Waals surface area contributed by atoms with Crippen LogP contribution in [0.5, 0.6) is 0 Å². The lowest BCUT2D eigenvalue weighted by molar-refractivity contribution is -0.166. The molecule has 6 aliphatic rings. The quantitative estimate of drug-likeness (QED) is 0.202. The van der Waals surface area contributed by atoms with Crippen molar-refractivity contribution in [2.45, 2.75) is 13.8 Å². The fourth-order valence-electron chi connectivity index (χ4n) is 7.93. The third-order valence-electron chi connectivity index (χ3n) is 9.73. The molecule has 8 atom stereocenters. The molecule has 10 heteroatoms. The van der Waals surface area contributed by atoms with Crippen molar-refractivity contribution >= 4 is 46.4 Å². The summed E-state index contributed by atoms with van der Waals surface area (Å²) in [6, 6.07) is 13.5. The summed E-state index contributed by atoms with van der Waals surface area (Å²) in [6.07, 6.45) is 3.96. The van der Waals surface area contributed by atoms with Gasteiger partial charge >= 0.3 is 0 Å². The van der Waals surface area contributed by atoms with Gasteiger partial charge in [-0.3, -0.25) is 29.0 Å². The number of carbonyl (C=O) groups is 4. The normalized spacial score (nSPS) is 34.2. The van der Waals surface area contributed by atoms with Crippen LogP contribution in [0.4, 0.5) is 11.4 Å². The van der Waals surface area contributed by atoms with Crippen LogP contribution >= 0.6 is 0 Å². The van der Waals surface area contributed by atoms with E-state index in [9.17, 15) is 19.2 Å². The number of amides is 4. The van der Waals surface area contributed by atoms with Crippen LogP contribution in [0.25, 0.3) is 0 Å². The number of benzene rings is 2. The van der Waals surface area contributed by atoms with E-state index in [4.69, 9.17) is 10.4 Å². The van der Waals surface area contributed by atoms with E-state index >= 15 is 0 Å². The third-order valence-corrected chi connectivity index (χ3v) is 9.73. The van der Waals surface area contributed by atoms with E-state index in [-0.39, 0.29) is 47.3 Å². The van der Waals surface area contributed by atoms with Crippen molar-refractivity contribution in [1.82, 2.24) is 0 Å². The summed E-state index contributed by atoms with van der Waals surface area (Å²) in [6.45, 7) is 3.30. The number of imide groups is 2. The molecule has 0 radical (unpaired) electrons. The van der Waals surface area contributed by atoms with Crippen LogP contribution in [0.15, 0.2) is 71.0 Å². The van der Waals surface area contributed by atoms with Crippen molar-refractivity contribution in [1.29, 1.82) is 0 Å². The monoisotopic (exact) mass is 538 g/mol. The molecule has 40 heavy (non-hydrogen) atoms. The van der Waals surface area contributed by atoms with Crippen molar-refractivity contribution < 1.29 is 29.6 Å². The molecule has 4 aliphatic carbocycles. The maximum Gasteiger partial charge on any atom is 0.238 e. The Balaban J connectivity index is 1.18. The second-order valence-electron chi connectivity index (χ2n) is 11.3. The highest BCUT2D eigenvalue weighted by molar-refractivity contribution is 6.25. The molecule has 8 rings (SSSR count). The fraction of sp³-hybridized carbons (Fsp3) is 0.333. The van der Waals surface area contributed by atoms with Crippen molar-refractivity contribution in [3.05, 3.63) is 71.8 Å². The van der Waals surface area contributed by atoms with E-state index in [0.717, 1.165) is 0 Å². The Kier molecular flexibility index (Phi) is 5.16. The van der Waals surface area contributed by atoms with Gasteiger partial charge in [0.15, 0.2) is 0 Å². The second-order valence-corrected chi connectivity index (χ2v) is 11.3. The van der Waals surface area contributed by atoms with Crippen LogP contribution in [-0.2, 0) is 19.2 Å². The van der Waals surface area contributed by atoms with E-state index < -0.39 is 23.7 Å². The molecule has 2 saturated heterocycles. The lowest BCUT2D eigenvalue weighted by Gasteiger charge is -2.60. The molecule has 2 aliphatic heterocycles. The Morgan fingerprint density at radius 1 is 0.575 bits per heavy atom. The number of hydrogen-bond donors (Lipinski definition) is 2. The summed E-state index contributed by atoms with van der Waals surface area (Å²) < 4.78 is 0. The van der Waals surface area contributed by atoms with Crippen LogP contribution < -0.4 is 9.80 Å². The van der Waals surface area contributed by atoms with Crippen LogP contribution in [0, 0.1) is 47.3 Å². The number of hydrogen-bond acceptors (Lipinski definition) is 8. The molecule has 0 spiro atoms. The summed E-state index contributed by atoms with van der Waals surface area (Å²) in [7, 11) is 0. The predicted octanol–water partition coefficient (Wildman–Crippen LogP) is 3.06. The third kappa shape index (κ3) is 2.98. The first kappa shape index (κ1) is 24.4. The fourth-order valence-corrected chi connectivity index (χ4v) is 7.93. The van der Waals surface area contributed by atoms with Gasteiger partial charge in [-0.05, 0) is 72.9 Å². The smallest absolute Gasteiger partial charge is 0.238 e. The number of fused-ring (bicyclic) bond motifs is 1. The van der Waals surface area contributed by atoms with Gasteiger partial charge in [0.2, 0.25) is 23.6 Å². The summed E-state index contributed by atoms with van der Waals surface area (Å²) in [5.41, 5.74) is 3.08. The summed E-state index contributed by atoms with van der Waals surface area (Å²) in [4.78, 5) is 57.3. The van der Waals surface area contributed by atoms with Gasteiger partial charge in [-0.15, -0.1) is 0 Å². The number of carbonyl (C=O) groups excluding carboxylic acids is 4. The Morgan fingerprint density at radius 2 is 0.900 bits per heavy atom. The molecule has 202 valence electrons. The number of oxime groups is 2. The minimum absolute atomic E-state index is 0.173. The van der Waals surface area contributed by atoms with E-state index in [2.05, 4.69) is 10.3 Å². The molecule has 4 amide bonds. The first-order valence-electron chi connectivity index (χ1n) is 13.3. The van der Waals surface area contributed by atoms with Crippen molar-refractivity contribution in [3.8, 4) is 0 Å². The molecular weight excluding hydrogens is 512 g/mol.